The number of rotatable bonds is 1. The van der Waals surface area contributed by atoms with Crippen LogP contribution in [-0.4, -0.2) is 46.4 Å². The van der Waals surface area contributed by atoms with Crippen LogP contribution in [0.25, 0.3) is 0 Å². The lowest BCUT2D eigenvalue weighted by molar-refractivity contribution is 0.0703. The molecule has 1 aromatic carbocycles. The molecule has 0 unspecified atom stereocenters. The van der Waals surface area contributed by atoms with E-state index in [0.717, 1.165) is 4.90 Å². The van der Waals surface area contributed by atoms with Gasteiger partial charge in [-0.15, -0.1) is 0 Å². The molecule has 0 aromatic heterocycles. The number of carbonyl (C=O) groups is 2. The monoisotopic (exact) mass is 320 g/mol. The number of phenols is 1. The minimum absolute atomic E-state index is 0.0203. The average molecular weight is 321 g/mol. The van der Waals surface area contributed by atoms with Crippen molar-refractivity contribution in [3.8, 4) is 5.75 Å². The van der Waals surface area contributed by atoms with E-state index in [-0.39, 0.29) is 11.3 Å². The number of benzene rings is 1. The second-order valence-corrected chi connectivity index (χ2v) is 4.20. The predicted molar refractivity (Wildman–Crippen MR) is 66.8 cm³/mol. The molecule has 0 atom stereocenters. The van der Waals surface area contributed by atoms with Crippen LogP contribution in [0.4, 0.5) is 4.79 Å². The zero-order valence-corrected chi connectivity index (χ0v) is 11.3. The Kier molecular flexibility index (Phi) is 6.76. The zero-order valence-electron chi connectivity index (χ0n) is 9.72. The smallest absolute Gasteiger partial charge is 0.406 e. The van der Waals surface area contributed by atoms with Gasteiger partial charge in [0.05, 0.1) is 5.56 Å². The van der Waals surface area contributed by atoms with Gasteiger partial charge in [-0.2, -0.15) is 0 Å². The first-order valence-corrected chi connectivity index (χ1v) is 5.42. The first-order chi connectivity index (χ1) is 8.29. The molecule has 1 aromatic rings. The maximum Gasteiger partial charge on any atom is 0.406 e. The third kappa shape index (κ3) is 5.51. The van der Waals surface area contributed by atoms with Crippen LogP contribution in [0.15, 0.2) is 22.7 Å². The van der Waals surface area contributed by atoms with Gasteiger partial charge in [-0.3, -0.25) is 10.0 Å². The first kappa shape index (κ1) is 16.2. The van der Waals surface area contributed by atoms with E-state index in [9.17, 15) is 9.59 Å². The van der Waals surface area contributed by atoms with Gasteiger partial charge >= 0.3 is 6.09 Å². The number of nitrogens with one attached hydrogen (secondary N) is 1. The molecule has 8 heteroatoms. The molecule has 0 bridgehead atoms. The number of hydrogen-bond acceptors (Lipinski definition) is 4. The highest BCUT2D eigenvalue weighted by molar-refractivity contribution is 9.10. The molecule has 0 fully saturated rings. The number of amides is 2. The SMILES string of the molecule is CN(C)C(=O)O.O=C(NO)c1cc(Br)ccc1O. The summed E-state index contributed by atoms with van der Waals surface area (Å²) in [6.07, 6.45) is -0.907. The van der Waals surface area contributed by atoms with Crippen molar-refractivity contribution in [2.75, 3.05) is 14.1 Å². The summed E-state index contributed by atoms with van der Waals surface area (Å²) in [6.45, 7) is 0. The van der Waals surface area contributed by atoms with Crippen molar-refractivity contribution >= 4 is 27.9 Å². The summed E-state index contributed by atoms with van der Waals surface area (Å²) >= 11 is 3.12. The van der Waals surface area contributed by atoms with Crippen molar-refractivity contribution in [3.05, 3.63) is 28.2 Å². The molecule has 0 saturated heterocycles. The Bertz CT molecular complexity index is 436. The molecule has 0 heterocycles. The molecule has 0 aliphatic heterocycles. The van der Waals surface area contributed by atoms with Crippen LogP contribution in [0.5, 0.6) is 5.75 Å². The van der Waals surface area contributed by atoms with E-state index < -0.39 is 12.0 Å². The van der Waals surface area contributed by atoms with Crippen LogP contribution >= 0.6 is 15.9 Å². The fourth-order valence-corrected chi connectivity index (χ4v) is 1.11. The second kappa shape index (κ2) is 7.51. The van der Waals surface area contributed by atoms with E-state index in [4.69, 9.17) is 15.4 Å². The maximum absolute atomic E-state index is 10.8. The summed E-state index contributed by atoms with van der Waals surface area (Å²) in [5.41, 5.74) is 1.45. The van der Waals surface area contributed by atoms with Crippen molar-refractivity contribution in [3.63, 3.8) is 0 Å². The quantitative estimate of drug-likeness (QED) is 0.463. The van der Waals surface area contributed by atoms with E-state index in [2.05, 4.69) is 15.9 Å². The number of carboxylic acid groups (broad SMARTS) is 1. The molecule has 1 rings (SSSR count). The zero-order chi connectivity index (χ0) is 14.3. The Labute approximate surface area is 112 Å². The van der Waals surface area contributed by atoms with Crippen molar-refractivity contribution in [2.24, 2.45) is 0 Å². The summed E-state index contributed by atoms with van der Waals surface area (Å²) in [5.74, 6) is -0.918. The van der Waals surface area contributed by atoms with E-state index in [1.54, 1.807) is 6.07 Å². The highest BCUT2D eigenvalue weighted by Gasteiger charge is 2.09. The molecule has 100 valence electrons. The van der Waals surface area contributed by atoms with Gasteiger partial charge in [-0.05, 0) is 18.2 Å². The normalized spacial score (nSPS) is 8.89. The van der Waals surface area contributed by atoms with Gasteiger partial charge in [0.1, 0.15) is 5.75 Å². The molecule has 0 aliphatic carbocycles. The van der Waals surface area contributed by atoms with Crippen LogP contribution in [0.1, 0.15) is 10.4 Å². The number of phenolic OH excluding ortho intramolecular Hbond substituents is 1. The summed E-state index contributed by atoms with van der Waals surface area (Å²) in [5, 5.41) is 25.3. The standard InChI is InChI=1S/C7H6BrNO3.C3H7NO2/c8-4-1-2-6(10)5(3-4)7(11)9-12;1-4(2)3(5)6/h1-3,10,12H,(H,9,11);1-2H3,(H,5,6). The van der Waals surface area contributed by atoms with Gasteiger partial charge in [-0.1, -0.05) is 15.9 Å². The number of nitrogens with zero attached hydrogens (tertiary/aromatic N) is 1. The molecule has 18 heavy (non-hydrogen) atoms. The Hall–Kier alpha value is -1.80. The molecule has 0 aliphatic rings. The largest absolute Gasteiger partial charge is 0.507 e. The highest BCUT2D eigenvalue weighted by atomic mass is 79.9. The number of hydroxylamine groups is 1. The van der Waals surface area contributed by atoms with E-state index in [0.29, 0.717) is 4.47 Å². The molecule has 4 N–H and O–H groups in total. The molecule has 0 saturated carbocycles. The number of halogens is 1. The van der Waals surface area contributed by atoms with Crippen LogP contribution in [-0.2, 0) is 0 Å². The van der Waals surface area contributed by atoms with Crippen molar-refractivity contribution in [2.45, 2.75) is 0 Å². The lowest BCUT2D eigenvalue weighted by atomic mass is 10.2. The van der Waals surface area contributed by atoms with Gasteiger partial charge in [0.2, 0.25) is 0 Å². The summed E-state index contributed by atoms with van der Waals surface area (Å²) in [4.78, 5) is 21.6. The van der Waals surface area contributed by atoms with Gasteiger partial charge in [-0.25, -0.2) is 10.3 Å². The minimum Gasteiger partial charge on any atom is -0.507 e. The molecular formula is C10H13BrN2O5. The lowest BCUT2D eigenvalue weighted by Gasteiger charge is -2.01. The Morgan fingerprint density at radius 2 is 1.83 bits per heavy atom. The van der Waals surface area contributed by atoms with Gasteiger partial charge in [0.25, 0.3) is 5.91 Å². The average Bonchev–Trinajstić information content (AvgIpc) is 2.32. The van der Waals surface area contributed by atoms with E-state index in [1.165, 1.54) is 31.7 Å². The van der Waals surface area contributed by atoms with Crippen LogP contribution in [0.2, 0.25) is 0 Å². The predicted octanol–water partition coefficient (Wildman–Crippen LogP) is 1.50. The summed E-state index contributed by atoms with van der Waals surface area (Å²) < 4.78 is 0.652. The van der Waals surface area contributed by atoms with Crippen LogP contribution in [0.3, 0.4) is 0 Å². The third-order valence-corrected chi connectivity index (χ3v) is 2.18. The molecule has 0 spiro atoms. The Morgan fingerprint density at radius 3 is 2.22 bits per heavy atom. The second-order valence-electron chi connectivity index (χ2n) is 3.28. The Morgan fingerprint density at radius 1 is 1.33 bits per heavy atom. The van der Waals surface area contributed by atoms with E-state index >= 15 is 0 Å². The molecule has 2 amide bonds. The van der Waals surface area contributed by atoms with Gasteiger partial charge in [0.15, 0.2) is 0 Å². The molecule has 7 nitrogen and oxygen atoms in total. The number of carbonyl (C=O) groups excluding carboxylic acids is 1. The fraction of sp³-hybridized carbons (Fsp3) is 0.200. The number of aromatic hydroxyl groups is 1. The van der Waals surface area contributed by atoms with Crippen LogP contribution in [0, 0.1) is 0 Å². The molecular weight excluding hydrogens is 308 g/mol. The van der Waals surface area contributed by atoms with Crippen molar-refractivity contribution < 1.29 is 25.0 Å². The van der Waals surface area contributed by atoms with Gasteiger partial charge in [0, 0.05) is 18.6 Å². The lowest BCUT2D eigenvalue weighted by Crippen LogP contribution is -2.18. The van der Waals surface area contributed by atoms with Crippen molar-refractivity contribution in [1.82, 2.24) is 10.4 Å². The van der Waals surface area contributed by atoms with Gasteiger partial charge < -0.3 is 15.1 Å². The minimum atomic E-state index is -0.907. The summed E-state index contributed by atoms with van der Waals surface area (Å²) in [7, 11) is 2.95. The Balaban J connectivity index is 0.000000411. The third-order valence-electron chi connectivity index (χ3n) is 1.69. The maximum atomic E-state index is 10.8. The van der Waals surface area contributed by atoms with Crippen molar-refractivity contribution in [1.29, 1.82) is 0 Å². The molecule has 0 radical (unpaired) electrons. The van der Waals surface area contributed by atoms with Crippen LogP contribution < -0.4 is 5.48 Å². The first-order valence-electron chi connectivity index (χ1n) is 4.62. The highest BCUT2D eigenvalue weighted by Crippen LogP contribution is 2.21. The van der Waals surface area contributed by atoms with E-state index in [1.807, 2.05) is 0 Å². The topological polar surface area (TPSA) is 110 Å². The fourth-order valence-electron chi connectivity index (χ4n) is 0.750. The number of hydrogen-bond donors (Lipinski definition) is 4. The summed E-state index contributed by atoms with van der Waals surface area (Å²) in [6, 6.07) is 4.35.